The number of hydrogen-bond donors (Lipinski definition) is 3. The van der Waals surface area contributed by atoms with Crippen LogP contribution in [0.5, 0.6) is 0 Å². The van der Waals surface area contributed by atoms with Gasteiger partial charge in [0.2, 0.25) is 0 Å². The summed E-state index contributed by atoms with van der Waals surface area (Å²) in [5.41, 5.74) is 0.952. The molecule has 1 aliphatic rings. The van der Waals surface area contributed by atoms with Crippen LogP contribution in [0.25, 0.3) is 0 Å². The van der Waals surface area contributed by atoms with Gasteiger partial charge in [-0.2, -0.15) is 0 Å². The van der Waals surface area contributed by atoms with E-state index in [0.29, 0.717) is 6.42 Å². The zero-order valence-corrected chi connectivity index (χ0v) is 8.34. The molecule has 0 spiro atoms. The summed E-state index contributed by atoms with van der Waals surface area (Å²) in [5, 5.41) is 21.6. The van der Waals surface area contributed by atoms with Gasteiger partial charge in [0.15, 0.2) is 0 Å². The Morgan fingerprint density at radius 3 is 2.67 bits per heavy atom. The van der Waals surface area contributed by atoms with Crippen LogP contribution in [0, 0.1) is 0 Å². The minimum Gasteiger partial charge on any atom is -0.394 e. The molecule has 0 saturated carbocycles. The van der Waals surface area contributed by atoms with Crippen LogP contribution in [0.3, 0.4) is 0 Å². The summed E-state index contributed by atoms with van der Waals surface area (Å²) in [6.45, 7) is -0.145. The second-order valence-electron chi connectivity index (χ2n) is 3.66. The van der Waals surface area contributed by atoms with Crippen LogP contribution in [0.1, 0.15) is 6.42 Å². The van der Waals surface area contributed by atoms with Crippen LogP contribution in [0.2, 0.25) is 0 Å². The quantitative estimate of drug-likeness (QED) is 0.681. The van der Waals surface area contributed by atoms with Crippen LogP contribution in [-0.4, -0.2) is 35.3 Å². The lowest BCUT2D eigenvalue weighted by atomic mass is 10.2. The number of ether oxygens (including phenoxy) is 1. The minimum atomic E-state index is -0.587. The van der Waals surface area contributed by atoms with E-state index >= 15 is 0 Å². The predicted molar refractivity (Wildman–Crippen MR) is 56.4 cm³/mol. The minimum absolute atomic E-state index is 0.145. The van der Waals surface area contributed by atoms with Crippen molar-refractivity contribution in [1.82, 2.24) is 0 Å². The average Bonchev–Trinajstić information content (AvgIpc) is 2.60. The maximum atomic E-state index is 9.51. The molecule has 0 aromatic heterocycles. The molecule has 3 atom stereocenters. The predicted octanol–water partition coefficient (Wildman–Crippen LogP) is 0.567. The first-order valence-corrected chi connectivity index (χ1v) is 5.05. The Labute approximate surface area is 88.5 Å². The van der Waals surface area contributed by atoms with Crippen molar-refractivity contribution < 1.29 is 14.9 Å². The molecule has 15 heavy (non-hydrogen) atoms. The molecule has 1 fully saturated rings. The van der Waals surface area contributed by atoms with Gasteiger partial charge in [-0.05, 0) is 12.1 Å². The molecule has 2 rings (SSSR count). The molecule has 0 bridgehead atoms. The average molecular weight is 209 g/mol. The van der Waals surface area contributed by atoms with Crippen molar-refractivity contribution in [2.75, 3.05) is 11.9 Å². The highest BCUT2D eigenvalue weighted by Gasteiger charge is 2.33. The monoisotopic (exact) mass is 209 g/mol. The molecule has 0 amide bonds. The number of aliphatic hydroxyl groups is 2. The molecule has 0 radical (unpaired) electrons. The molecule has 0 aliphatic carbocycles. The number of hydrogen-bond acceptors (Lipinski definition) is 4. The van der Waals surface area contributed by atoms with Gasteiger partial charge in [-0.3, -0.25) is 0 Å². The van der Waals surface area contributed by atoms with Crippen molar-refractivity contribution in [2.24, 2.45) is 0 Å². The lowest BCUT2D eigenvalue weighted by Gasteiger charge is -2.14. The molecule has 1 aromatic carbocycles. The van der Waals surface area contributed by atoms with Crippen LogP contribution in [-0.2, 0) is 4.74 Å². The van der Waals surface area contributed by atoms with Gasteiger partial charge in [0.25, 0.3) is 0 Å². The van der Waals surface area contributed by atoms with E-state index in [-0.39, 0.29) is 12.8 Å². The second kappa shape index (κ2) is 4.61. The molecule has 0 unspecified atom stereocenters. The van der Waals surface area contributed by atoms with Crippen molar-refractivity contribution in [3.63, 3.8) is 0 Å². The fraction of sp³-hybridized carbons (Fsp3) is 0.455. The van der Waals surface area contributed by atoms with E-state index in [1.54, 1.807) is 0 Å². The topological polar surface area (TPSA) is 61.7 Å². The molecule has 1 aromatic rings. The molecular weight excluding hydrogens is 194 g/mol. The second-order valence-corrected chi connectivity index (χ2v) is 3.66. The Morgan fingerprint density at radius 2 is 2.07 bits per heavy atom. The highest BCUT2D eigenvalue weighted by atomic mass is 16.5. The molecule has 1 heterocycles. The molecule has 1 aliphatic heterocycles. The fourth-order valence-corrected chi connectivity index (χ4v) is 1.71. The van der Waals surface area contributed by atoms with E-state index in [1.807, 2.05) is 30.3 Å². The van der Waals surface area contributed by atoms with E-state index < -0.39 is 12.2 Å². The van der Waals surface area contributed by atoms with Gasteiger partial charge in [-0.15, -0.1) is 0 Å². The number of anilines is 1. The summed E-state index contributed by atoms with van der Waals surface area (Å²) in [6.07, 6.45) is -0.776. The third-order valence-corrected chi connectivity index (χ3v) is 2.51. The van der Waals surface area contributed by atoms with Crippen molar-refractivity contribution in [3.05, 3.63) is 30.3 Å². The Hall–Kier alpha value is -1.10. The van der Waals surface area contributed by atoms with Crippen molar-refractivity contribution in [2.45, 2.75) is 24.9 Å². The summed E-state index contributed by atoms with van der Waals surface area (Å²) in [4.78, 5) is 0. The Kier molecular flexibility index (Phi) is 3.20. The van der Waals surface area contributed by atoms with Crippen LogP contribution in [0.15, 0.2) is 30.3 Å². The van der Waals surface area contributed by atoms with Gasteiger partial charge in [0, 0.05) is 12.1 Å². The largest absolute Gasteiger partial charge is 0.394 e. The number of rotatable bonds is 3. The van der Waals surface area contributed by atoms with E-state index in [4.69, 9.17) is 9.84 Å². The Morgan fingerprint density at radius 1 is 1.33 bits per heavy atom. The van der Waals surface area contributed by atoms with Crippen molar-refractivity contribution in [1.29, 1.82) is 0 Å². The van der Waals surface area contributed by atoms with Crippen LogP contribution < -0.4 is 5.32 Å². The van der Waals surface area contributed by atoms with Gasteiger partial charge in [0.1, 0.15) is 12.3 Å². The molecule has 4 heteroatoms. The van der Waals surface area contributed by atoms with Gasteiger partial charge in [0.05, 0.1) is 12.7 Å². The van der Waals surface area contributed by atoms with E-state index in [2.05, 4.69) is 5.32 Å². The van der Waals surface area contributed by atoms with Gasteiger partial charge < -0.3 is 20.3 Å². The van der Waals surface area contributed by atoms with Gasteiger partial charge >= 0.3 is 0 Å². The van der Waals surface area contributed by atoms with E-state index in [1.165, 1.54) is 0 Å². The summed E-state index contributed by atoms with van der Waals surface area (Å²) >= 11 is 0. The molecular formula is C11H15NO3. The first-order chi connectivity index (χ1) is 7.29. The fourth-order valence-electron chi connectivity index (χ4n) is 1.71. The number of aliphatic hydroxyl groups excluding tert-OH is 2. The number of nitrogens with one attached hydrogen (secondary N) is 1. The van der Waals surface area contributed by atoms with Gasteiger partial charge in [-0.1, -0.05) is 18.2 Å². The maximum Gasteiger partial charge on any atom is 0.130 e. The summed E-state index contributed by atoms with van der Waals surface area (Å²) < 4.78 is 5.42. The first kappa shape index (κ1) is 10.4. The number of benzene rings is 1. The van der Waals surface area contributed by atoms with Crippen LogP contribution in [0.4, 0.5) is 5.69 Å². The standard InChI is InChI=1S/C11H15NO3/c13-7-10-9(14)6-11(15-10)12-8-4-2-1-3-5-8/h1-5,9-14H,6-7H2/t9-,10+,11-/m1/s1. The van der Waals surface area contributed by atoms with Gasteiger partial charge in [-0.25, -0.2) is 0 Å². The van der Waals surface area contributed by atoms with Crippen molar-refractivity contribution >= 4 is 5.69 Å². The third kappa shape index (κ3) is 2.47. The van der Waals surface area contributed by atoms with E-state index in [0.717, 1.165) is 5.69 Å². The summed E-state index contributed by atoms with van der Waals surface area (Å²) in [6, 6.07) is 9.66. The lowest BCUT2D eigenvalue weighted by Crippen LogP contribution is -2.25. The number of para-hydroxylation sites is 1. The van der Waals surface area contributed by atoms with Crippen molar-refractivity contribution in [3.8, 4) is 0 Å². The first-order valence-electron chi connectivity index (χ1n) is 5.05. The highest BCUT2D eigenvalue weighted by molar-refractivity contribution is 5.43. The molecule has 4 nitrogen and oxygen atoms in total. The Bertz CT molecular complexity index is 304. The SMILES string of the molecule is OC[C@@H]1O[C@@H](Nc2ccccc2)C[C@H]1O. The maximum absolute atomic E-state index is 9.51. The molecule has 3 N–H and O–H groups in total. The summed E-state index contributed by atoms with van der Waals surface area (Å²) in [7, 11) is 0. The van der Waals surface area contributed by atoms with E-state index in [9.17, 15) is 5.11 Å². The normalized spacial score (nSPS) is 30.4. The summed E-state index contributed by atoms with van der Waals surface area (Å²) in [5.74, 6) is 0. The third-order valence-electron chi connectivity index (χ3n) is 2.51. The Balaban J connectivity index is 1.92. The zero-order chi connectivity index (χ0) is 10.7. The molecule has 1 saturated heterocycles. The smallest absolute Gasteiger partial charge is 0.130 e. The lowest BCUT2D eigenvalue weighted by molar-refractivity contribution is -0.0149. The zero-order valence-electron chi connectivity index (χ0n) is 8.34. The molecule has 82 valence electrons. The van der Waals surface area contributed by atoms with Crippen LogP contribution >= 0.6 is 0 Å². The highest BCUT2D eigenvalue weighted by Crippen LogP contribution is 2.21.